The predicted octanol–water partition coefficient (Wildman–Crippen LogP) is 2.32. The number of aliphatic imine (C=N–C) groups is 1. The maximum Gasteiger partial charge on any atom is 0.191 e. The molecule has 126 valence electrons. The second-order valence-corrected chi connectivity index (χ2v) is 4.75. The van der Waals surface area contributed by atoms with Crippen LogP contribution in [-0.2, 0) is 4.74 Å². The Bertz CT molecular complexity index is 402. The van der Waals surface area contributed by atoms with Crippen molar-refractivity contribution < 1.29 is 9.84 Å². The van der Waals surface area contributed by atoms with Crippen LogP contribution in [0.4, 0.5) is 0 Å². The molecule has 5 nitrogen and oxygen atoms in total. The third-order valence-electron chi connectivity index (χ3n) is 3.02. The Morgan fingerprint density at radius 1 is 1.27 bits per heavy atom. The van der Waals surface area contributed by atoms with E-state index in [1.807, 2.05) is 37.3 Å². The van der Waals surface area contributed by atoms with Gasteiger partial charge in [-0.25, -0.2) is 0 Å². The molecule has 0 aliphatic heterocycles. The number of hydrogen-bond acceptors (Lipinski definition) is 3. The highest BCUT2D eigenvalue weighted by Gasteiger charge is 2.06. The summed E-state index contributed by atoms with van der Waals surface area (Å²) in [5.74, 6) is 0.786. The molecule has 22 heavy (non-hydrogen) atoms. The van der Waals surface area contributed by atoms with Crippen molar-refractivity contribution in [3.63, 3.8) is 0 Å². The summed E-state index contributed by atoms with van der Waals surface area (Å²) in [4.78, 5) is 4.45. The standard InChI is InChI=1S/C16H27N3O2.HI/c1-3-17-16(18-11-7-13-21-2)19-12-10-15(20)14-8-5-4-6-9-14;/h4-6,8-9,15,20H,3,7,10-13H2,1-2H3,(H2,17,18,19);1H. The zero-order valence-electron chi connectivity index (χ0n) is 13.4. The summed E-state index contributed by atoms with van der Waals surface area (Å²) in [5, 5.41) is 16.5. The van der Waals surface area contributed by atoms with Crippen molar-refractivity contribution in [2.24, 2.45) is 4.99 Å². The molecule has 0 aliphatic rings. The van der Waals surface area contributed by atoms with Gasteiger partial charge >= 0.3 is 0 Å². The zero-order valence-corrected chi connectivity index (χ0v) is 15.7. The summed E-state index contributed by atoms with van der Waals surface area (Å²) in [5.41, 5.74) is 0.946. The molecule has 0 heterocycles. The van der Waals surface area contributed by atoms with Gasteiger partial charge in [0, 0.05) is 33.4 Å². The summed E-state index contributed by atoms with van der Waals surface area (Å²) in [6.07, 6.45) is 1.10. The number of rotatable bonds is 9. The van der Waals surface area contributed by atoms with E-state index in [1.165, 1.54) is 0 Å². The molecule has 0 saturated heterocycles. The molecule has 0 amide bonds. The molecule has 1 unspecified atom stereocenters. The van der Waals surface area contributed by atoms with Crippen LogP contribution in [0.1, 0.15) is 31.4 Å². The van der Waals surface area contributed by atoms with Gasteiger partial charge in [0.2, 0.25) is 0 Å². The highest BCUT2D eigenvalue weighted by atomic mass is 127. The molecular weight excluding hydrogens is 393 g/mol. The lowest BCUT2D eigenvalue weighted by molar-refractivity contribution is 0.168. The summed E-state index contributed by atoms with van der Waals surface area (Å²) in [7, 11) is 1.69. The largest absolute Gasteiger partial charge is 0.388 e. The van der Waals surface area contributed by atoms with Gasteiger partial charge < -0.3 is 20.5 Å². The molecule has 0 aliphatic carbocycles. The van der Waals surface area contributed by atoms with E-state index < -0.39 is 6.10 Å². The van der Waals surface area contributed by atoms with E-state index in [-0.39, 0.29) is 24.0 Å². The molecule has 0 aromatic heterocycles. The van der Waals surface area contributed by atoms with E-state index >= 15 is 0 Å². The van der Waals surface area contributed by atoms with Crippen LogP contribution in [0.2, 0.25) is 0 Å². The fraction of sp³-hybridized carbons (Fsp3) is 0.562. The number of guanidine groups is 1. The van der Waals surface area contributed by atoms with Crippen LogP contribution in [0, 0.1) is 0 Å². The summed E-state index contributed by atoms with van der Waals surface area (Å²) < 4.78 is 5.00. The number of nitrogens with zero attached hydrogens (tertiary/aromatic N) is 1. The lowest BCUT2D eigenvalue weighted by Crippen LogP contribution is -2.38. The topological polar surface area (TPSA) is 65.9 Å². The first-order valence-corrected chi connectivity index (χ1v) is 7.52. The predicted molar refractivity (Wildman–Crippen MR) is 102 cm³/mol. The van der Waals surface area contributed by atoms with Crippen molar-refractivity contribution in [3.8, 4) is 0 Å². The average Bonchev–Trinajstić information content (AvgIpc) is 2.52. The first-order chi connectivity index (χ1) is 10.3. The van der Waals surface area contributed by atoms with Crippen LogP contribution in [0.25, 0.3) is 0 Å². The Morgan fingerprint density at radius 3 is 2.64 bits per heavy atom. The number of ether oxygens (including phenoxy) is 1. The summed E-state index contributed by atoms with van der Waals surface area (Å²) in [6, 6.07) is 9.70. The number of benzene rings is 1. The molecule has 3 N–H and O–H groups in total. The van der Waals surface area contributed by atoms with Crippen molar-refractivity contribution in [1.82, 2.24) is 10.6 Å². The number of methoxy groups -OCH3 is 1. The highest BCUT2D eigenvalue weighted by molar-refractivity contribution is 14.0. The molecule has 1 aromatic carbocycles. The fourth-order valence-corrected chi connectivity index (χ4v) is 1.91. The van der Waals surface area contributed by atoms with E-state index in [9.17, 15) is 5.11 Å². The molecular formula is C16H28IN3O2. The average molecular weight is 421 g/mol. The van der Waals surface area contributed by atoms with Crippen LogP contribution < -0.4 is 10.6 Å². The molecule has 1 aromatic rings. The van der Waals surface area contributed by atoms with E-state index in [0.29, 0.717) is 13.0 Å². The summed E-state index contributed by atoms with van der Waals surface area (Å²) >= 11 is 0. The number of aliphatic hydroxyl groups excluding tert-OH is 1. The highest BCUT2D eigenvalue weighted by Crippen LogP contribution is 2.14. The molecule has 1 rings (SSSR count). The van der Waals surface area contributed by atoms with E-state index in [2.05, 4.69) is 15.6 Å². The number of aliphatic hydroxyl groups is 1. The third kappa shape index (κ3) is 9.22. The first-order valence-electron chi connectivity index (χ1n) is 7.52. The van der Waals surface area contributed by atoms with E-state index in [4.69, 9.17) is 4.74 Å². The van der Waals surface area contributed by atoms with Crippen molar-refractivity contribution >= 4 is 29.9 Å². The molecule has 1 atom stereocenters. The quantitative estimate of drug-likeness (QED) is 0.248. The van der Waals surface area contributed by atoms with E-state index in [1.54, 1.807) is 7.11 Å². The van der Waals surface area contributed by atoms with Gasteiger partial charge in [-0.15, -0.1) is 24.0 Å². The van der Waals surface area contributed by atoms with Gasteiger partial charge in [-0.05, 0) is 25.3 Å². The SMILES string of the molecule is CCNC(=NCCCOC)NCCC(O)c1ccccc1.I. The maximum atomic E-state index is 10.1. The van der Waals surface area contributed by atoms with Crippen molar-refractivity contribution in [2.45, 2.75) is 25.9 Å². The Morgan fingerprint density at radius 2 is 2.00 bits per heavy atom. The Kier molecular flexibility index (Phi) is 13.2. The van der Waals surface area contributed by atoms with Crippen molar-refractivity contribution in [1.29, 1.82) is 0 Å². The van der Waals surface area contributed by atoms with Crippen LogP contribution in [0.3, 0.4) is 0 Å². The summed E-state index contributed by atoms with van der Waals surface area (Å²) in [6.45, 7) is 4.97. The van der Waals surface area contributed by atoms with Gasteiger partial charge in [0.1, 0.15) is 0 Å². The lowest BCUT2D eigenvalue weighted by Gasteiger charge is -2.14. The third-order valence-corrected chi connectivity index (χ3v) is 3.02. The van der Waals surface area contributed by atoms with Crippen LogP contribution in [0.5, 0.6) is 0 Å². The molecule has 0 saturated carbocycles. The van der Waals surface area contributed by atoms with Gasteiger partial charge in [-0.1, -0.05) is 30.3 Å². The molecule has 0 radical (unpaired) electrons. The van der Waals surface area contributed by atoms with Crippen molar-refractivity contribution in [2.75, 3.05) is 33.4 Å². The second-order valence-electron chi connectivity index (χ2n) is 4.75. The van der Waals surface area contributed by atoms with Gasteiger partial charge in [-0.3, -0.25) is 4.99 Å². The van der Waals surface area contributed by atoms with Crippen LogP contribution >= 0.6 is 24.0 Å². The smallest absolute Gasteiger partial charge is 0.191 e. The molecule has 6 heteroatoms. The first kappa shape index (κ1) is 21.1. The Hall–Kier alpha value is -0.860. The molecule has 0 fully saturated rings. The minimum absolute atomic E-state index is 0. The lowest BCUT2D eigenvalue weighted by atomic mass is 10.1. The van der Waals surface area contributed by atoms with Crippen molar-refractivity contribution in [3.05, 3.63) is 35.9 Å². The maximum absolute atomic E-state index is 10.1. The Balaban J connectivity index is 0.00000441. The monoisotopic (exact) mass is 421 g/mol. The fourth-order valence-electron chi connectivity index (χ4n) is 1.91. The molecule has 0 bridgehead atoms. The minimum atomic E-state index is -0.449. The minimum Gasteiger partial charge on any atom is -0.388 e. The number of hydrogen-bond donors (Lipinski definition) is 3. The normalized spacial score (nSPS) is 12.4. The van der Waals surface area contributed by atoms with Crippen LogP contribution in [-0.4, -0.2) is 44.4 Å². The van der Waals surface area contributed by atoms with Crippen LogP contribution in [0.15, 0.2) is 35.3 Å². The van der Waals surface area contributed by atoms with E-state index in [0.717, 1.165) is 37.6 Å². The second kappa shape index (κ2) is 13.8. The van der Waals surface area contributed by atoms with Gasteiger partial charge in [0.05, 0.1) is 6.10 Å². The van der Waals surface area contributed by atoms with Gasteiger partial charge in [0.25, 0.3) is 0 Å². The molecule has 0 spiro atoms. The zero-order chi connectivity index (χ0) is 15.3. The van der Waals surface area contributed by atoms with Gasteiger partial charge in [0.15, 0.2) is 5.96 Å². The van der Waals surface area contributed by atoms with Gasteiger partial charge in [-0.2, -0.15) is 0 Å². The number of nitrogens with one attached hydrogen (secondary N) is 2. The Labute approximate surface area is 150 Å². The number of halogens is 1.